The van der Waals surface area contributed by atoms with Crippen LogP contribution >= 0.6 is 0 Å². The molecule has 0 saturated carbocycles. The summed E-state index contributed by atoms with van der Waals surface area (Å²) in [7, 11) is 0. The van der Waals surface area contributed by atoms with Crippen LogP contribution in [0, 0.1) is 0 Å². The van der Waals surface area contributed by atoms with Gasteiger partial charge in [0, 0.05) is 12.2 Å². The van der Waals surface area contributed by atoms with Crippen molar-refractivity contribution in [2.24, 2.45) is 0 Å². The Kier molecular flexibility index (Phi) is 6.12. The molecule has 1 atom stereocenters. The molecule has 0 fully saturated rings. The first-order chi connectivity index (χ1) is 13.2. The van der Waals surface area contributed by atoms with Crippen LogP contribution in [0.4, 0.5) is 0 Å². The monoisotopic (exact) mass is 363 g/mol. The zero-order chi connectivity index (χ0) is 19.1. The highest BCUT2D eigenvalue weighted by Crippen LogP contribution is 2.19. The third-order valence-corrected chi connectivity index (χ3v) is 4.28. The molecule has 3 rings (SSSR count). The predicted octanol–water partition coefficient (Wildman–Crippen LogP) is 2.88. The molecular weight excluding hydrogens is 342 g/mol. The van der Waals surface area contributed by atoms with Crippen LogP contribution in [0.3, 0.4) is 0 Å². The number of H-pyrrole nitrogens is 1. The molecule has 0 bridgehead atoms. The van der Waals surface area contributed by atoms with Gasteiger partial charge in [-0.05, 0) is 18.4 Å². The third kappa shape index (κ3) is 4.48. The van der Waals surface area contributed by atoms with E-state index in [0.29, 0.717) is 18.4 Å². The first-order valence-corrected chi connectivity index (χ1v) is 8.80. The molecule has 0 unspecified atom stereocenters. The summed E-state index contributed by atoms with van der Waals surface area (Å²) in [4.78, 5) is 32.3. The molecular formula is C21H21N3O3. The van der Waals surface area contributed by atoms with Crippen molar-refractivity contribution < 1.29 is 14.7 Å². The number of benzene rings is 2. The largest absolute Gasteiger partial charge is 0.396 e. The fourth-order valence-electron chi connectivity index (χ4n) is 2.90. The predicted molar refractivity (Wildman–Crippen MR) is 101 cm³/mol. The molecule has 1 aromatic heterocycles. The number of imidazole rings is 1. The van der Waals surface area contributed by atoms with E-state index in [2.05, 4.69) is 15.3 Å². The molecule has 27 heavy (non-hydrogen) atoms. The number of nitrogens with zero attached hydrogens (tertiary/aromatic N) is 1. The molecule has 3 aromatic rings. The fraction of sp³-hybridized carbons (Fsp3) is 0.190. The van der Waals surface area contributed by atoms with Crippen molar-refractivity contribution in [2.45, 2.75) is 18.9 Å². The van der Waals surface area contributed by atoms with Crippen LogP contribution in [0.15, 0.2) is 67.0 Å². The number of carbonyl (C=O) groups is 2. The van der Waals surface area contributed by atoms with Crippen molar-refractivity contribution in [3.63, 3.8) is 0 Å². The highest BCUT2D eigenvalue weighted by Gasteiger charge is 2.23. The van der Waals surface area contributed by atoms with Crippen LogP contribution in [-0.2, 0) is 0 Å². The lowest BCUT2D eigenvalue weighted by Gasteiger charge is -2.19. The molecule has 3 N–H and O–H groups in total. The normalized spacial score (nSPS) is 11.7. The second kappa shape index (κ2) is 8.91. The minimum Gasteiger partial charge on any atom is -0.396 e. The maximum absolute atomic E-state index is 12.8. The van der Waals surface area contributed by atoms with Crippen LogP contribution in [-0.4, -0.2) is 33.4 Å². The number of aliphatic hydroxyl groups excluding tert-OH is 1. The Bertz CT molecular complexity index is 891. The summed E-state index contributed by atoms with van der Waals surface area (Å²) in [5.74, 6) is -0.716. The third-order valence-electron chi connectivity index (χ3n) is 4.28. The molecule has 0 radical (unpaired) electrons. The van der Waals surface area contributed by atoms with Crippen LogP contribution < -0.4 is 5.32 Å². The summed E-state index contributed by atoms with van der Waals surface area (Å²) in [6.07, 6.45) is 2.48. The van der Waals surface area contributed by atoms with E-state index in [4.69, 9.17) is 5.11 Å². The standard InChI is InChI=1S/C21H21N3O3/c25-13-7-12-17(15-8-3-1-4-9-15)24-21(27)19-18(22-14-23-19)20(26)16-10-5-2-6-11-16/h1-6,8-11,14,17,25H,7,12-13H2,(H,22,23)(H,24,27)/t17-/m0/s1. The Balaban J connectivity index is 1.81. The molecule has 0 spiro atoms. The van der Waals surface area contributed by atoms with E-state index in [0.717, 1.165) is 5.56 Å². The van der Waals surface area contributed by atoms with Gasteiger partial charge in [-0.15, -0.1) is 0 Å². The summed E-state index contributed by atoms with van der Waals surface area (Å²) in [5.41, 5.74) is 1.63. The summed E-state index contributed by atoms with van der Waals surface area (Å²) >= 11 is 0. The summed E-state index contributed by atoms with van der Waals surface area (Å²) in [6.45, 7) is 0.0427. The number of aromatic nitrogens is 2. The summed E-state index contributed by atoms with van der Waals surface area (Å²) < 4.78 is 0. The van der Waals surface area contributed by atoms with E-state index >= 15 is 0 Å². The Morgan fingerprint density at radius 2 is 1.70 bits per heavy atom. The SMILES string of the molecule is O=C(c1ccccc1)c1nc[nH]c1C(=O)N[C@@H](CCCO)c1ccccc1. The van der Waals surface area contributed by atoms with Gasteiger partial charge in [0.1, 0.15) is 11.4 Å². The van der Waals surface area contributed by atoms with Crippen LogP contribution in [0.25, 0.3) is 0 Å². The van der Waals surface area contributed by atoms with Crippen molar-refractivity contribution in [3.05, 3.63) is 89.5 Å². The second-order valence-electron chi connectivity index (χ2n) is 6.12. The Hall–Kier alpha value is -3.25. The van der Waals surface area contributed by atoms with E-state index in [-0.39, 0.29) is 29.8 Å². The number of carbonyl (C=O) groups excluding carboxylic acids is 2. The van der Waals surface area contributed by atoms with Gasteiger partial charge in [0.2, 0.25) is 5.78 Å². The average molecular weight is 363 g/mol. The molecule has 1 amide bonds. The Labute approximate surface area is 157 Å². The van der Waals surface area contributed by atoms with Crippen molar-refractivity contribution >= 4 is 11.7 Å². The van der Waals surface area contributed by atoms with Crippen molar-refractivity contribution in [1.82, 2.24) is 15.3 Å². The number of aromatic amines is 1. The number of hydrogen-bond acceptors (Lipinski definition) is 4. The number of nitrogens with one attached hydrogen (secondary N) is 2. The van der Waals surface area contributed by atoms with Gasteiger partial charge in [0.25, 0.3) is 5.91 Å². The van der Waals surface area contributed by atoms with Crippen LogP contribution in [0.5, 0.6) is 0 Å². The molecule has 6 nitrogen and oxygen atoms in total. The van der Waals surface area contributed by atoms with Crippen molar-refractivity contribution in [1.29, 1.82) is 0 Å². The minimum absolute atomic E-state index is 0.0427. The highest BCUT2D eigenvalue weighted by molar-refractivity contribution is 6.13. The molecule has 138 valence electrons. The number of aliphatic hydroxyl groups is 1. The topological polar surface area (TPSA) is 95.1 Å². The number of amides is 1. The number of hydrogen-bond donors (Lipinski definition) is 3. The van der Waals surface area contributed by atoms with Gasteiger partial charge in [0.05, 0.1) is 12.4 Å². The van der Waals surface area contributed by atoms with E-state index in [1.165, 1.54) is 6.33 Å². The van der Waals surface area contributed by atoms with E-state index < -0.39 is 5.91 Å². The van der Waals surface area contributed by atoms with E-state index in [1.807, 2.05) is 36.4 Å². The summed E-state index contributed by atoms with van der Waals surface area (Å²) in [6, 6.07) is 18.0. The number of rotatable bonds is 8. The summed E-state index contributed by atoms with van der Waals surface area (Å²) in [5, 5.41) is 12.1. The van der Waals surface area contributed by atoms with Crippen LogP contribution in [0.2, 0.25) is 0 Å². The molecule has 1 heterocycles. The van der Waals surface area contributed by atoms with E-state index in [9.17, 15) is 9.59 Å². The number of ketones is 1. The lowest BCUT2D eigenvalue weighted by Crippen LogP contribution is -2.30. The highest BCUT2D eigenvalue weighted by atomic mass is 16.3. The van der Waals surface area contributed by atoms with Crippen LogP contribution in [0.1, 0.15) is 51.0 Å². The maximum atomic E-state index is 12.8. The van der Waals surface area contributed by atoms with Gasteiger partial charge in [0.15, 0.2) is 0 Å². The smallest absolute Gasteiger partial charge is 0.270 e. The van der Waals surface area contributed by atoms with E-state index in [1.54, 1.807) is 24.3 Å². The molecule has 2 aromatic carbocycles. The molecule has 0 aliphatic rings. The zero-order valence-electron chi connectivity index (χ0n) is 14.8. The Morgan fingerprint density at radius 3 is 2.37 bits per heavy atom. The molecule has 0 aliphatic carbocycles. The van der Waals surface area contributed by atoms with Crippen molar-refractivity contribution in [3.8, 4) is 0 Å². The van der Waals surface area contributed by atoms with Crippen molar-refractivity contribution in [2.75, 3.05) is 6.61 Å². The average Bonchev–Trinajstić information content (AvgIpc) is 3.21. The molecule has 6 heteroatoms. The lowest BCUT2D eigenvalue weighted by atomic mass is 10.0. The second-order valence-corrected chi connectivity index (χ2v) is 6.12. The van der Waals surface area contributed by atoms with Gasteiger partial charge in [-0.1, -0.05) is 60.7 Å². The minimum atomic E-state index is -0.404. The lowest BCUT2D eigenvalue weighted by molar-refractivity contribution is 0.0918. The zero-order valence-corrected chi connectivity index (χ0v) is 14.8. The fourth-order valence-corrected chi connectivity index (χ4v) is 2.90. The first kappa shape index (κ1) is 18.5. The quantitative estimate of drug-likeness (QED) is 0.536. The van der Waals surface area contributed by atoms with Gasteiger partial charge in [-0.3, -0.25) is 9.59 Å². The Morgan fingerprint density at radius 1 is 1.04 bits per heavy atom. The van der Waals surface area contributed by atoms with Gasteiger partial charge in [-0.2, -0.15) is 0 Å². The molecule has 0 saturated heterocycles. The molecule has 0 aliphatic heterocycles. The van der Waals surface area contributed by atoms with Gasteiger partial charge < -0.3 is 15.4 Å². The first-order valence-electron chi connectivity index (χ1n) is 8.80. The van der Waals surface area contributed by atoms with Gasteiger partial charge in [-0.25, -0.2) is 4.98 Å². The van der Waals surface area contributed by atoms with Gasteiger partial charge >= 0.3 is 0 Å². The maximum Gasteiger partial charge on any atom is 0.270 e.